The number of amides is 2. The molecule has 1 aromatic rings. The van der Waals surface area contributed by atoms with Crippen molar-refractivity contribution in [2.75, 3.05) is 19.8 Å². The Hall–Kier alpha value is -2.00. The second kappa shape index (κ2) is 7.80. The Morgan fingerprint density at radius 1 is 1.19 bits per heavy atom. The van der Waals surface area contributed by atoms with Gasteiger partial charge in [-0.3, -0.25) is 14.9 Å². The molecule has 5 aliphatic heterocycles. The van der Waals surface area contributed by atoms with Gasteiger partial charge in [0.2, 0.25) is 11.8 Å². The van der Waals surface area contributed by atoms with Crippen LogP contribution in [0.1, 0.15) is 33.3 Å². The monoisotopic (exact) mass is 443 g/mol. The lowest BCUT2D eigenvalue weighted by Crippen LogP contribution is -2.70. The van der Waals surface area contributed by atoms with Gasteiger partial charge in [0.1, 0.15) is 12.1 Å². The van der Waals surface area contributed by atoms with E-state index in [4.69, 9.17) is 14.2 Å². The van der Waals surface area contributed by atoms with E-state index in [1.54, 1.807) is 0 Å². The van der Waals surface area contributed by atoms with E-state index in [0.717, 1.165) is 5.56 Å². The quantitative estimate of drug-likeness (QED) is 0.639. The summed E-state index contributed by atoms with van der Waals surface area (Å²) in [7, 11) is 0. The average molecular weight is 444 g/mol. The normalized spacial score (nSPS) is 39.0. The van der Waals surface area contributed by atoms with Gasteiger partial charge < -0.3 is 24.4 Å². The Bertz CT molecular complexity index is 866. The molecule has 8 heteroatoms. The minimum absolute atomic E-state index is 0.0273. The molecule has 0 spiro atoms. The number of hydrogen-bond acceptors (Lipinski definition) is 6. The van der Waals surface area contributed by atoms with Gasteiger partial charge >= 0.3 is 5.97 Å². The summed E-state index contributed by atoms with van der Waals surface area (Å²) in [6, 6.07) is 8.39. The predicted molar refractivity (Wildman–Crippen MR) is 116 cm³/mol. The number of ether oxygens (including phenoxy) is 3. The van der Waals surface area contributed by atoms with E-state index < -0.39 is 24.1 Å². The zero-order chi connectivity index (χ0) is 22.7. The smallest absolute Gasteiger partial charge is 0.304 e. The molecule has 2 amide bonds. The van der Waals surface area contributed by atoms with Crippen molar-refractivity contribution in [2.45, 2.75) is 70.3 Å². The van der Waals surface area contributed by atoms with E-state index in [1.165, 1.54) is 0 Å². The first kappa shape index (κ1) is 21.8. The highest BCUT2D eigenvalue weighted by molar-refractivity contribution is 5.93. The first-order chi connectivity index (χ1) is 15.2. The molecule has 0 saturated carbocycles. The summed E-state index contributed by atoms with van der Waals surface area (Å²) in [6.07, 6.45) is 0.546. The molecule has 32 heavy (non-hydrogen) atoms. The Morgan fingerprint density at radius 3 is 2.41 bits per heavy atom. The number of hydrogen-bond donors (Lipinski definition) is 2. The Morgan fingerprint density at radius 2 is 1.81 bits per heavy atom. The third kappa shape index (κ3) is 3.63. The fraction of sp³-hybridized carbons (Fsp3) is 0.667. The summed E-state index contributed by atoms with van der Waals surface area (Å²) in [6.45, 7) is 9.70. The molecule has 0 unspecified atom stereocenters. The number of nitrogens with zero attached hydrogens (tertiary/aromatic N) is 1. The maximum atomic E-state index is 13.5. The Labute approximate surface area is 189 Å². The van der Waals surface area contributed by atoms with Gasteiger partial charge in [0.15, 0.2) is 0 Å². The van der Waals surface area contributed by atoms with Crippen LogP contribution in [0.3, 0.4) is 0 Å². The number of fused-ring (bicyclic) bond motifs is 4. The Kier molecular flexibility index (Phi) is 5.32. The minimum Gasteiger partial charge on any atom is -0.344 e. The van der Waals surface area contributed by atoms with Crippen LogP contribution in [0.5, 0.6) is 0 Å². The van der Waals surface area contributed by atoms with Crippen molar-refractivity contribution in [1.82, 2.24) is 15.5 Å². The molecule has 0 radical (unpaired) electrons. The summed E-state index contributed by atoms with van der Waals surface area (Å²) < 4.78 is 18.0. The molecule has 5 atom stereocenters. The summed E-state index contributed by atoms with van der Waals surface area (Å²) in [5.74, 6) is -1.33. The van der Waals surface area contributed by atoms with E-state index in [0.29, 0.717) is 26.2 Å². The zero-order valence-corrected chi connectivity index (χ0v) is 19.2. The molecule has 174 valence electrons. The van der Waals surface area contributed by atoms with Crippen molar-refractivity contribution in [1.29, 1.82) is 0 Å². The SMILES string of the molecule is CC(C)[C@H](NC(=O)[C@@H]1N[C@@H](Cc2ccccc2)C(=O)N2[C@H]1[C@@H]2C)C12OCC(C)(CO1)CO2. The van der Waals surface area contributed by atoms with E-state index in [-0.39, 0.29) is 35.2 Å². The van der Waals surface area contributed by atoms with Crippen LogP contribution in [0.4, 0.5) is 0 Å². The Balaban J connectivity index is 1.32. The highest BCUT2D eigenvalue weighted by atomic mass is 16.9. The first-order valence-corrected chi connectivity index (χ1v) is 11.6. The van der Waals surface area contributed by atoms with Gasteiger partial charge in [-0.1, -0.05) is 51.1 Å². The van der Waals surface area contributed by atoms with Crippen molar-refractivity contribution >= 4 is 11.8 Å². The van der Waals surface area contributed by atoms with Crippen LogP contribution in [-0.4, -0.2) is 72.7 Å². The fourth-order valence-corrected chi connectivity index (χ4v) is 5.20. The van der Waals surface area contributed by atoms with Gasteiger partial charge in [-0.15, -0.1) is 0 Å². The summed E-state index contributed by atoms with van der Waals surface area (Å²) in [5, 5.41) is 6.49. The van der Waals surface area contributed by atoms with Gasteiger partial charge in [0, 0.05) is 5.41 Å². The summed E-state index contributed by atoms with van der Waals surface area (Å²) in [4.78, 5) is 28.3. The lowest BCUT2D eigenvalue weighted by Gasteiger charge is -2.54. The summed E-state index contributed by atoms with van der Waals surface area (Å²) >= 11 is 0. The van der Waals surface area contributed by atoms with Gasteiger partial charge in [-0.05, 0) is 24.8 Å². The predicted octanol–water partition coefficient (Wildman–Crippen LogP) is 1.05. The molecule has 0 aliphatic carbocycles. The van der Waals surface area contributed by atoms with E-state index in [1.807, 2.05) is 56.0 Å². The topological polar surface area (TPSA) is 88.9 Å². The molecule has 5 aliphatic rings. The third-order valence-corrected chi connectivity index (χ3v) is 7.22. The van der Waals surface area contributed by atoms with E-state index in [2.05, 4.69) is 17.6 Å². The van der Waals surface area contributed by atoms with Crippen molar-refractivity contribution in [2.24, 2.45) is 11.3 Å². The number of carbonyl (C=O) groups is 2. The molecule has 8 nitrogen and oxygen atoms in total. The van der Waals surface area contributed by atoms with Crippen molar-refractivity contribution in [3.05, 3.63) is 35.9 Å². The molecule has 5 heterocycles. The molecule has 2 bridgehead atoms. The van der Waals surface area contributed by atoms with Crippen LogP contribution in [0.2, 0.25) is 0 Å². The van der Waals surface area contributed by atoms with E-state index >= 15 is 0 Å². The lowest BCUT2D eigenvalue weighted by atomic mass is 9.89. The van der Waals surface area contributed by atoms with Crippen LogP contribution in [-0.2, 0) is 30.2 Å². The molecule has 5 fully saturated rings. The number of carbonyl (C=O) groups excluding carboxylic acids is 2. The van der Waals surface area contributed by atoms with Gasteiger partial charge in [0.25, 0.3) is 0 Å². The van der Waals surface area contributed by atoms with Gasteiger partial charge in [-0.2, -0.15) is 0 Å². The number of piperazine rings is 1. The van der Waals surface area contributed by atoms with E-state index in [9.17, 15) is 9.59 Å². The average Bonchev–Trinajstić information content (AvgIpc) is 3.46. The van der Waals surface area contributed by atoms with Crippen molar-refractivity contribution in [3.63, 3.8) is 0 Å². The lowest BCUT2D eigenvalue weighted by molar-refractivity contribution is -0.476. The number of benzene rings is 1. The van der Waals surface area contributed by atoms with Gasteiger partial charge in [0.05, 0.1) is 37.9 Å². The van der Waals surface area contributed by atoms with Crippen LogP contribution in [0.25, 0.3) is 0 Å². The number of nitrogens with one attached hydrogen (secondary N) is 2. The standard InChI is InChI=1S/C24H33N3O5/c1-14(2)20(24-30-11-23(4,12-31-24)13-32-24)26-21(28)18-19-15(3)27(19)22(29)17(25-18)10-16-8-6-5-7-9-16/h5-9,14-15,17-20,25H,10-13H2,1-4H3,(H,26,28)/t15-,17-,18+,19-,20-,23?,24?,27?/m0/s1. The maximum absolute atomic E-state index is 13.5. The molecule has 5 saturated heterocycles. The zero-order valence-electron chi connectivity index (χ0n) is 19.2. The molecule has 0 aromatic heterocycles. The maximum Gasteiger partial charge on any atom is 0.304 e. The molecular weight excluding hydrogens is 410 g/mol. The highest BCUT2D eigenvalue weighted by Gasteiger charge is 2.61. The molecule has 6 rings (SSSR count). The first-order valence-electron chi connectivity index (χ1n) is 11.6. The fourth-order valence-electron chi connectivity index (χ4n) is 5.20. The highest BCUT2D eigenvalue weighted by Crippen LogP contribution is 2.42. The number of rotatable bonds is 6. The minimum atomic E-state index is -1.26. The molecule has 1 aromatic carbocycles. The molecule has 2 N–H and O–H groups in total. The van der Waals surface area contributed by atoms with Crippen LogP contribution in [0.15, 0.2) is 30.3 Å². The molecular formula is C24H33N3O5. The van der Waals surface area contributed by atoms with Crippen LogP contribution < -0.4 is 10.6 Å². The van der Waals surface area contributed by atoms with Crippen LogP contribution in [0, 0.1) is 11.3 Å². The third-order valence-electron chi connectivity index (χ3n) is 7.22. The largest absolute Gasteiger partial charge is 0.344 e. The summed E-state index contributed by atoms with van der Waals surface area (Å²) in [5.41, 5.74) is 0.916. The van der Waals surface area contributed by atoms with Crippen molar-refractivity contribution < 1.29 is 23.8 Å². The van der Waals surface area contributed by atoms with Crippen LogP contribution >= 0.6 is 0 Å². The van der Waals surface area contributed by atoms with Crippen molar-refractivity contribution in [3.8, 4) is 0 Å². The second-order valence-electron chi connectivity index (χ2n) is 10.4. The van der Waals surface area contributed by atoms with Gasteiger partial charge in [-0.25, -0.2) is 0 Å². The second-order valence-corrected chi connectivity index (χ2v) is 10.4.